The van der Waals surface area contributed by atoms with Crippen molar-refractivity contribution in [3.05, 3.63) is 111 Å². The maximum atomic E-state index is 11.8. The summed E-state index contributed by atoms with van der Waals surface area (Å²) in [5.41, 5.74) is 7.14. The van der Waals surface area contributed by atoms with Crippen LogP contribution < -0.4 is 14.2 Å². The van der Waals surface area contributed by atoms with Gasteiger partial charge in [-0.15, -0.1) is 0 Å². The molecule has 0 radical (unpaired) electrons. The zero-order valence-electron chi connectivity index (χ0n) is 26.8. The van der Waals surface area contributed by atoms with Crippen LogP contribution in [0.5, 0.6) is 17.2 Å². The smallest absolute Gasteiger partial charge is 0.153 e. The molecule has 242 valence electrons. The van der Waals surface area contributed by atoms with E-state index in [0.29, 0.717) is 52.6 Å². The van der Waals surface area contributed by atoms with Gasteiger partial charge in [-0.3, -0.25) is 9.69 Å². The molecule has 0 aliphatic carbocycles. The van der Waals surface area contributed by atoms with Gasteiger partial charge >= 0.3 is 0 Å². The topological polar surface area (TPSA) is 81.0 Å². The Morgan fingerprint density at radius 2 is 1.60 bits per heavy atom. The summed E-state index contributed by atoms with van der Waals surface area (Å²) in [4.78, 5) is 14.4. The van der Waals surface area contributed by atoms with Crippen LogP contribution in [0.2, 0.25) is 5.02 Å². The van der Waals surface area contributed by atoms with Crippen LogP contribution in [-0.4, -0.2) is 49.6 Å². The van der Waals surface area contributed by atoms with Crippen molar-refractivity contribution in [2.45, 2.75) is 58.4 Å². The van der Waals surface area contributed by atoms with Gasteiger partial charge < -0.3 is 18.9 Å². The third-order valence-corrected chi connectivity index (χ3v) is 9.55. The Morgan fingerprint density at radius 1 is 0.872 bits per heavy atom. The number of hydrogen-bond donors (Lipinski definition) is 0. The molecule has 2 saturated heterocycles. The van der Waals surface area contributed by atoms with E-state index in [-0.39, 0.29) is 13.2 Å². The second kappa shape index (κ2) is 15.0. The van der Waals surface area contributed by atoms with E-state index in [0.717, 1.165) is 65.3 Å². The quantitative estimate of drug-likeness (QED) is 0.107. The van der Waals surface area contributed by atoms with Crippen LogP contribution in [0.3, 0.4) is 0 Å². The molecule has 2 heterocycles. The number of nitrogens with zero attached hydrogens (tertiary/aromatic N) is 2. The highest BCUT2D eigenvalue weighted by atomic mass is 35.5. The van der Waals surface area contributed by atoms with E-state index in [2.05, 4.69) is 43.0 Å². The third kappa shape index (κ3) is 7.47. The van der Waals surface area contributed by atoms with Crippen molar-refractivity contribution in [2.24, 2.45) is 0 Å². The van der Waals surface area contributed by atoms with Crippen LogP contribution in [-0.2, 0) is 18.0 Å². The number of aldehydes is 1. The summed E-state index contributed by atoms with van der Waals surface area (Å²) in [5, 5.41) is 9.51. The number of carbonyl (C=O) groups is 1. The molecular formula is C39H39ClN2O5. The molecule has 8 heteroatoms. The van der Waals surface area contributed by atoms with E-state index in [9.17, 15) is 10.1 Å². The summed E-state index contributed by atoms with van der Waals surface area (Å²) < 4.78 is 24.2. The predicted octanol–water partition coefficient (Wildman–Crippen LogP) is 8.10. The fourth-order valence-corrected chi connectivity index (χ4v) is 6.85. The molecule has 2 unspecified atom stereocenters. The molecule has 0 spiro atoms. The Kier molecular flexibility index (Phi) is 10.4. The first-order valence-corrected chi connectivity index (χ1v) is 16.5. The Labute approximate surface area is 281 Å². The monoisotopic (exact) mass is 650 g/mol. The van der Waals surface area contributed by atoms with Crippen LogP contribution in [0.4, 0.5) is 0 Å². The first kappa shape index (κ1) is 32.6. The maximum Gasteiger partial charge on any atom is 0.153 e. The lowest BCUT2D eigenvalue weighted by molar-refractivity contribution is -0.0160. The zero-order valence-corrected chi connectivity index (χ0v) is 27.6. The second-order valence-corrected chi connectivity index (χ2v) is 12.6. The van der Waals surface area contributed by atoms with Crippen molar-refractivity contribution in [3.63, 3.8) is 0 Å². The number of fused-ring (bicyclic) bond motifs is 2. The molecule has 2 aliphatic heterocycles. The molecule has 0 aromatic heterocycles. The number of nitriles is 1. The Balaban J connectivity index is 1.11. The summed E-state index contributed by atoms with van der Waals surface area (Å²) >= 11 is 6.52. The minimum absolute atomic E-state index is 0.190. The summed E-state index contributed by atoms with van der Waals surface area (Å²) in [7, 11) is 0. The largest absolute Gasteiger partial charge is 0.493 e. The highest BCUT2D eigenvalue weighted by molar-refractivity contribution is 6.32. The number of rotatable bonds is 13. The van der Waals surface area contributed by atoms with E-state index in [4.69, 9.17) is 30.5 Å². The minimum atomic E-state index is 0.190. The van der Waals surface area contributed by atoms with Gasteiger partial charge in [0.15, 0.2) is 6.29 Å². The molecule has 0 amide bonds. The van der Waals surface area contributed by atoms with Crippen LogP contribution in [0.15, 0.2) is 72.8 Å². The van der Waals surface area contributed by atoms with Crippen LogP contribution in [0.1, 0.15) is 57.4 Å². The second-order valence-electron chi connectivity index (χ2n) is 12.2. The van der Waals surface area contributed by atoms with E-state index in [1.54, 1.807) is 30.3 Å². The van der Waals surface area contributed by atoms with Gasteiger partial charge in [-0.05, 0) is 90.8 Å². The van der Waals surface area contributed by atoms with Crippen LogP contribution in [0.25, 0.3) is 11.1 Å². The summed E-state index contributed by atoms with van der Waals surface area (Å²) in [6, 6.07) is 26.0. The highest BCUT2D eigenvalue weighted by Gasteiger charge is 2.36. The van der Waals surface area contributed by atoms with Gasteiger partial charge in [0.1, 0.15) is 30.5 Å². The van der Waals surface area contributed by atoms with E-state index < -0.39 is 0 Å². The first-order valence-electron chi connectivity index (χ1n) is 16.1. The average molecular weight is 651 g/mol. The van der Waals surface area contributed by atoms with Gasteiger partial charge in [0, 0.05) is 24.7 Å². The normalized spacial score (nSPS) is 17.2. The fraction of sp³-hybridized carbons (Fsp3) is 0.333. The lowest BCUT2D eigenvalue weighted by Crippen LogP contribution is -2.46. The van der Waals surface area contributed by atoms with Gasteiger partial charge in [0.05, 0.1) is 42.0 Å². The van der Waals surface area contributed by atoms with Crippen LogP contribution in [0, 0.1) is 25.2 Å². The predicted molar refractivity (Wildman–Crippen MR) is 182 cm³/mol. The SMILES string of the molecule is Cc1c(COc2cc(OCc3cccc(C#N)c3)c(C=O)cc2Cl)cccc1-c1cccc(OCCCN2C3CCC2COC3)c1C. The number of benzene rings is 4. The first-order chi connectivity index (χ1) is 22.9. The lowest BCUT2D eigenvalue weighted by Gasteiger charge is -2.34. The van der Waals surface area contributed by atoms with Crippen molar-refractivity contribution in [3.8, 4) is 34.4 Å². The molecule has 2 bridgehead atoms. The number of ether oxygens (including phenoxy) is 4. The van der Waals surface area contributed by atoms with E-state index in [1.165, 1.54) is 12.8 Å². The van der Waals surface area contributed by atoms with Crippen molar-refractivity contribution in [1.29, 1.82) is 5.26 Å². The summed E-state index contributed by atoms with van der Waals surface area (Å²) in [6.45, 7) is 8.12. The molecule has 0 saturated carbocycles. The van der Waals surface area contributed by atoms with Crippen molar-refractivity contribution < 1.29 is 23.7 Å². The van der Waals surface area contributed by atoms with Crippen molar-refractivity contribution in [1.82, 2.24) is 4.90 Å². The molecule has 2 atom stereocenters. The molecule has 4 aromatic carbocycles. The molecule has 4 aromatic rings. The number of carbonyl (C=O) groups excluding carboxylic acids is 1. The van der Waals surface area contributed by atoms with Gasteiger partial charge in [-0.1, -0.05) is 54.1 Å². The van der Waals surface area contributed by atoms with Gasteiger partial charge in [-0.2, -0.15) is 5.26 Å². The standard InChI is InChI=1S/C39H39ClN2O5/c1-26-30(23-47-39-19-38(31(21-43)18-36(39)40)46-22-29-8-3-7-28(17-29)20-41)9-4-10-34(26)35-11-5-12-37(27(35)2)45-16-6-15-42-32-13-14-33(42)25-44-24-32/h3-5,7-12,17-19,21,32-33H,6,13-16,22-25H2,1-2H3. The zero-order chi connectivity index (χ0) is 32.8. The minimum Gasteiger partial charge on any atom is -0.493 e. The number of hydrogen-bond acceptors (Lipinski definition) is 7. The van der Waals surface area contributed by atoms with Gasteiger partial charge in [-0.25, -0.2) is 0 Å². The summed E-state index contributed by atoms with van der Waals surface area (Å²) in [5.74, 6) is 1.68. The summed E-state index contributed by atoms with van der Waals surface area (Å²) in [6.07, 6.45) is 4.18. The number of morpholine rings is 1. The Bertz CT molecular complexity index is 1770. The third-order valence-electron chi connectivity index (χ3n) is 9.25. The molecule has 6 rings (SSSR count). The molecule has 47 heavy (non-hydrogen) atoms. The van der Waals surface area contributed by atoms with E-state index in [1.807, 2.05) is 24.3 Å². The fourth-order valence-electron chi connectivity index (χ4n) is 6.63. The molecule has 2 aliphatic rings. The Morgan fingerprint density at radius 3 is 2.36 bits per heavy atom. The van der Waals surface area contributed by atoms with Crippen molar-refractivity contribution >= 4 is 17.9 Å². The molecular weight excluding hydrogens is 612 g/mol. The van der Waals surface area contributed by atoms with Crippen molar-refractivity contribution in [2.75, 3.05) is 26.4 Å². The van der Waals surface area contributed by atoms with E-state index >= 15 is 0 Å². The number of halogens is 1. The lowest BCUT2D eigenvalue weighted by atomic mass is 9.93. The molecule has 7 nitrogen and oxygen atoms in total. The van der Waals surface area contributed by atoms with Gasteiger partial charge in [0.2, 0.25) is 0 Å². The highest BCUT2D eigenvalue weighted by Crippen LogP contribution is 2.36. The average Bonchev–Trinajstić information content (AvgIpc) is 3.30. The van der Waals surface area contributed by atoms with Gasteiger partial charge in [0.25, 0.3) is 0 Å². The maximum absolute atomic E-state index is 11.8. The Hall–Kier alpha value is -4.35. The molecule has 2 fully saturated rings. The molecule has 0 N–H and O–H groups in total. The van der Waals surface area contributed by atoms with Crippen LogP contribution >= 0.6 is 11.6 Å².